The molecular formula is C17H16N4O2S3. The zero-order valence-corrected chi connectivity index (χ0v) is 16.5. The Bertz CT molecular complexity index is 835. The first kappa shape index (κ1) is 17.3. The quantitative estimate of drug-likeness (QED) is 0.573. The first-order valence-electron chi connectivity index (χ1n) is 7.71. The topological polar surface area (TPSA) is 67.2 Å². The molecule has 0 unspecified atom stereocenters. The Balaban J connectivity index is 1.38. The highest BCUT2D eigenvalue weighted by molar-refractivity contribution is 9.21. The van der Waals surface area contributed by atoms with Crippen molar-refractivity contribution in [2.75, 3.05) is 24.9 Å². The van der Waals surface area contributed by atoms with Gasteiger partial charge in [-0.1, -0.05) is 0 Å². The maximum Gasteiger partial charge on any atom is 0.203 e. The molecule has 4 rings (SSSR count). The second-order valence-electron chi connectivity index (χ2n) is 5.22. The van der Waals surface area contributed by atoms with Crippen molar-refractivity contribution in [1.82, 2.24) is 0 Å². The summed E-state index contributed by atoms with van der Waals surface area (Å²) < 4.78 is 10.3. The van der Waals surface area contributed by atoms with Crippen LogP contribution in [0.2, 0.25) is 0 Å². The maximum absolute atomic E-state index is 5.17. The summed E-state index contributed by atoms with van der Waals surface area (Å²) in [6, 6.07) is 15.6. The van der Waals surface area contributed by atoms with E-state index >= 15 is 0 Å². The van der Waals surface area contributed by atoms with Crippen LogP contribution in [0.5, 0.6) is 11.5 Å². The predicted molar refractivity (Wildman–Crippen MR) is 116 cm³/mol. The number of hydrogen-bond acceptors (Lipinski definition) is 8. The lowest BCUT2D eigenvalue weighted by atomic mass is 10.3. The molecule has 2 aromatic carbocycles. The third-order valence-electron chi connectivity index (χ3n) is 3.54. The maximum atomic E-state index is 5.17. The summed E-state index contributed by atoms with van der Waals surface area (Å²) in [6.07, 6.45) is 0. The van der Waals surface area contributed by atoms with Crippen LogP contribution in [0.25, 0.3) is 0 Å². The lowest BCUT2D eigenvalue weighted by molar-refractivity contribution is 0.415. The van der Waals surface area contributed by atoms with Crippen molar-refractivity contribution in [2.24, 2.45) is 9.98 Å². The Labute approximate surface area is 161 Å². The normalized spacial score (nSPS) is 16.0. The number of amidine groups is 2. The van der Waals surface area contributed by atoms with Gasteiger partial charge in [0, 0.05) is 11.4 Å². The zero-order chi connectivity index (χ0) is 17.9. The minimum atomic E-state index is -0.119. The van der Waals surface area contributed by atoms with Gasteiger partial charge in [0.1, 0.15) is 11.5 Å². The number of nitrogens with one attached hydrogen (secondary N) is 2. The fourth-order valence-electron chi connectivity index (χ4n) is 2.24. The number of nitrogens with zero attached hydrogens (tertiary/aromatic N) is 2. The molecule has 26 heavy (non-hydrogen) atoms. The first-order chi connectivity index (χ1) is 12.7. The molecule has 0 radical (unpaired) electrons. The molecule has 2 aliphatic rings. The van der Waals surface area contributed by atoms with E-state index < -0.39 is 0 Å². The number of anilines is 2. The molecule has 0 atom stereocenters. The van der Waals surface area contributed by atoms with Gasteiger partial charge in [0.15, 0.2) is 10.3 Å². The average Bonchev–Trinajstić information content (AvgIpc) is 3.21. The van der Waals surface area contributed by atoms with Gasteiger partial charge in [-0.3, -0.25) is 0 Å². The molecule has 0 fully saturated rings. The fourth-order valence-corrected chi connectivity index (χ4v) is 7.52. The standard InChI is InChI=1S/C17H16N4O2S3/c1-22-13-7-3-11(4-8-13)18-15-20-17-21-16(25-26(17)24-15)19-12-5-9-14(23-2)10-6-12/h3-10H,1-2H3,(H,18,20)(H,19,21). The lowest BCUT2D eigenvalue weighted by Crippen LogP contribution is -2.08. The van der Waals surface area contributed by atoms with Crippen molar-refractivity contribution in [1.29, 1.82) is 0 Å². The minimum absolute atomic E-state index is 0.119. The number of aliphatic imine (C=N–C) groups is 2. The van der Waals surface area contributed by atoms with Crippen LogP contribution in [0, 0.1) is 0 Å². The number of rotatable bonds is 4. The van der Waals surface area contributed by atoms with Crippen molar-refractivity contribution in [2.45, 2.75) is 0 Å². The molecular weight excluding hydrogens is 388 g/mol. The molecule has 0 amide bonds. The smallest absolute Gasteiger partial charge is 0.203 e. The SMILES string of the molecule is COc1ccc(NC2=NC3=S(S2)SC(Nc2ccc(OC)cc2)=N3)cc1. The Morgan fingerprint density at radius 2 is 1.15 bits per heavy atom. The van der Waals surface area contributed by atoms with Crippen molar-refractivity contribution >= 4 is 57.0 Å². The summed E-state index contributed by atoms with van der Waals surface area (Å²) in [5.74, 6) is 1.66. The van der Waals surface area contributed by atoms with Gasteiger partial charge in [-0.05, 0) is 78.7 Å². The largest absolute Gasteiger partial charge is 0.497 e. The molecule has 0 spiro atoms. The van der Waals surface area contributed by atoms with Gasteiger partial charge in [-0.2, -0.15) is 9.98 Å². The van der Waals surface area contributed by atoms with Crippen molar-refractivity contribution < 1.29 is 9.47 Å². The van der Waals surface area contributed by atoms with Gasteiger partial charge in [0.05, 0.1) is 14.2 Å². The van der Waals surface area contributed by atoms with Crippen LogP contribution >= 0.6 is 30.1 Å². The van der Waals surface area contributed by atoms with Crippen LogP contribution in [0.15, 0.2) is 58.5 Å². The predicted octanol–water partition coefficient (Wildman–Crippen LogP) is 4.62. The molecule has 0 saturated heterocycles. The summed E-state index contributed by atoms with van der Waals surface area (Å²) in [6.45, 7) is 0. The minimum Gasteiger partial charge on any atom is -0.497 e. The van der Waals surface area contributed by atoms with E-state index in [2.05, 4.69) is 20.6 Å². The fraction of sp³-hybridized carbons (Fsp3) is 0.118. The number of benzene rings is 2. The van der Waals surface area contributed by atoms with Gasteiger partial charge in [-0.15, -0.1) is 0 Å². The van der Waals surface area contributed by atoms with Gasteiger partial charge in [-0.25, -0.2) is 0 Å². The molecule has 2 aliphatic heterocycles. The second-order valence-corrected chi connectivity index (χ2v) is 10.8. The number of ether oxygens (including phenoxy) is 2. The summed E-state index contributed by atoms with van der Waals surface area (Å²) in [5, 5.41) is 9.24. The monoisotopic (exact) mass is 404 g/mol. The van der Waals surface area contributed by atoms with Crippen LogP contribution in [0.4, 0.5) is 11.4 Å². The van der Waals surface area contributed by atoms with E-state index in [-0.39, 0.29) is 8.55 Å². The van der Waals surface area contributed by atoms with Crippen molar-refractivity contribution in [3.63, 3.8) is 0 Å². The Morgan fingerprint density at radius 1 is 0.731 bits per heavy atom. The average molecular weight is 405 g/mol. The first-order valence-corrected chi connectivity index (χ1v) is 11.6. The second kappa shape index (κ2) is 7.65. The molecule has 134 valence electrons. The van der Waals surface area contributed by atoms with Crippen LogP contribution in [0.1, 0.15) is 0 Å². The van der Waals surface area contributed by atoms with Gasteiger partial charge in [0.2, 0.25) is 5.11 Å². The summed E-state index contributed by atoms with van der Waals surface area (Å²) in [5.41, 5.74) is 1.96. The van der Waals surface area contributed by atoms with E-state index in [1.165, 1.54) is 0 Å². The highest BCUT2D eigenvalue weighted by Gasteiger charge is 2.26. The third-order valence-corrected chi connectivity index (χ3v) is 9.00. The molecule has 2 aromatic rings. The number of methoxy groups -OCH3 is 2. The van der Waals surface area contributed by atoms with E-state index in [1.807, 2.05) is 48.5 Å². The third kappa shape index (κ3) is 3.84. The molecule has 9 heteroatoms. The molecule has 0 aromatic heterocycles. The lowest BCUT2D eigenvalue weighted by Gasteiger charge is -2.09. The van der Waals surface area contributed by atoms with Crippen LogP contribution in [0.3, 0.4) is 0 Å². The van der Waals surface area contributed by atoms with Gasteiger partial charge >= 0.3 is 0 Å². The molecule has 2 heterocycles. The van der Waals surface area contributed by atoms with Crippen molar-refractivity contribution in [3.05, 3.63) is 48.5 Å². The molecule has 2 N–H and O–H groups in total. The summed E-state index contributed by atoms with van der Waals surface area (Å²) in [7, 11) is 6.58. The Hall–Kier alpha value is -2.10. The molecule has 0 bridgehead atoms. The van der Waals surface area contributed by atoms with E-state index in [4.69, 9.17) is 9.47 Å². The van der Waals surface area contributed by atoms with Crippen LogP contribution in [-0.4, -0.2) is 29.7 Å². The highest BCUT2D eigenvalue weighted by Crippen LogP contribution is 2.53. The van der Waals surface area contributed by atoms with E-state index in [1.54, 1.807) is 35.8 Å². The number of hydrogen-bond donors (Lipinski definition) is 2. The summed E-state index contributed by atoms with van der Waals surface area (Å²) >= 11 is 0. The molecule has 0 aliphatic carbocycles. The van der Waals surface area contributed by atoms with E-state index in [0.717, 1.165) is 38.3 Å². The molecule has 6 nitrogen and oxygen atoms in total. The van der Waals surface area contributed by atoms with Gasteiger partial charge in [0.25, 0.3) is 0 Å². The Kier molecular flexibility index (Phi) is 5.09. The van der Waals surface area contributed by atoms with Crippen molar-refractivity contribution in [3.8, 4) is 11.5 Å². The highest BCUT2D eigenvalue weighted by atomic mass is 33.5. The zero-order valence-electron chi connectivity index (χ0n) is 14.1. The van der Waals surface area contributed by atoms with Crippen LogP contribution in [-0.2, 0) is 0 Å². The summed E-state index contributed by atoms with van der Waals surface area (Å²) in [4.78, 5) is 9.21. The molecule has 0 saturated carbocycles. The van der Waals surface area contributed by atoms with Gasteiger partial charge < -0.3 is 20.1 Å². The van der Waals surface area contributed by atoms with Crippen LogP contribution < -0.4 is 20.1 Å². The van der Waals surface area contributed by atoms with E-state index in [9.17, 15) is 0 Å². The Morgan fingerprint density at radius 3 is 1.50 bits per heavy atom. The van der Waals surface area contributed by atoms with E-state index in [0.29, 0.717) is 0 Å².